The molecule has 0 aliphatic rings. The summed E-state index contributed by atoms with van der Waals surface area (Å²) in [5.41, 5.74) is 18.1. The van der Waals surface area contributed by atoms with Crippen molar-refractivity contribution in [3.05, 3.63) is 136 Å². The van der Waals surface area contributed by atoms with Gasteiger partial charge in [-0.25, -0.2) is 32.7 Å². The van der Waals surface area contributed by atoms with Crippen LogP contribution in [0.15, 0.2) is 89.8 Å². The van der Waals surface area contributed by atoms with Gasteiger partial charge in [-0.1, -0.05) is 55.8 Å². The summed E-state index contributed by atoms with van der Waals surface area (Å²) >= 11 is 0. The minimum absolute atomic E-state index is 0. The Kier molecular flexibility index (Phi) is 14.6. The number of benzene rings is 3. The van der Waals surface area contributed by atoms with Gasteiger partial charge in [0.25, 0.3) is 10.0 Å². The number of aryl methyl sites for hydroxylation is 7. The third kappa shape index (κ3) is 10.8. The number of nitrogens with two attached hydrogens (primary N) is 1. The summed E-state index contributed by atoms with van der Waals surface area (Å²) in [5, 5.41) is 5.22. The molecule has 7 N–H and O–H groups in total. The Morgan fingerprint density at radius 3 is 1.46 bits per heavy atom. The van der Waals surface area contributed by atoms with E-state index in [9.17, 15) is 18.0 Å². The number of urea groups is 2. The first kappa shape index (κ1) is 45.4. The average molecular weight is 847 g/mol. The number of amides is 4. The predicted molar refractivity (Wildman–Crippen MR) is 239 cm³/mol. The van der Waals surface area contributed by atoms with Gasteiger partial charge in [0.15, 0.2) is 0 Å². The summed E-state index contributed by atoms with van der Waals surface area (Å²) in [6, 6.07) is 25.6. The highest BCUT2D eigenvalue weighted by Gasteiger charge is 2.18. The fourth-order valence-electron chi connectivity index (χ4n) is 7.11. The smallest absolute Gasteiger partial charge is 0.328 e. The summed E-state index contributed by atoms with van der Waals surface area (Å²) in [6.45, 7) is 14.8. The molecule has 0 fully saturated rings. The molecule has 0 bridgehead atoms. The van der Waals surface area contributed by atoms with Crippen molar-refractivity contribution < 1.29 is 23.5 Å². The van der Waals surface area contributed by atoms with E-state index in [1.807, 2.05) is 58.9 Å². The van der Waals surface area contributed by atoms with Crippen molar-refractivity contribution in [1.29, 1.82) is 0 Å². The van der Waals surface area contributed by atoms with E-state index in [2.05, 4.69) is 84.7 Å². The minimum Gasteiger partial charge on any atom is -0.412 e. The predicted octanol–water partition coefficient (Wildman–Crippen LogP) is 6.12. The minimum atomic E-state index is -3.91. The molecule has 0 aliphatic heterocycles. The van der Waals surface area contributed by atoms with Crippen molar-refractivity contribution in [1.82, 2.24) is 44.4 Å². The number of hydrogen-bond donors (Lipinski definition) is 4. The average Bonchev–Trinajstić information content (AvgIpc) is 3.77. The van der Waals surface area contributed by atoms with Crippen LogP contribution in [0.25, 0.3) is 33.4 Å². The lowest BCUT2D eigenvalue weighted by Gasteiger charge is -2.11. The largest absolute Gasteiger partial charge is 0.412 e. The van der Waals surface area contributed by atoms with Gasteiger partial charge in [0.2, 0.25) is 0 Å². The van der Waals surface area contributed by atoms with E-state index in [1.54, 1.807) is 12.1 Å². The highest BCUT2D eigenvalue weighted by molar-refractivity contribution is 7.90. The molecule has 4 amide bonds. The highest BCUT2D eigenvalue weighted by Crippen LogP contribution is 2.26. The molecule has 0 saturated heterocycles. The Bertz CT molecular complexity index is 2760. The number of nitrogens with one attached hydrogen (secondary N) is 3. The SMILES string of the molecule is CCc1nc2c(C)nc(C)cc2n1-c1ccc(CCNC(=O)NS(=O)(=O)c2ccc(C)cc2)cc1.CCc1nc2c(C)nc(C)cc2n1-c1ccc(CCNC(N)=O)cc1.O. The van der Waals surface area contributed by atoms with Gasteiger partial charge in [0.1, 0.15) is 22.7 Å². The highest BCUT2D eigenvalue weighted by atomic mass is 32.2. The van der Waals surface area contributed by atoms with Gasteiger partial charge in [0, 0.05) is 48.7 Å². The molecule has 0 spiro atoms. The normalized spacial score (nSPS) is 11.1. The molecular formula is C45H54N10O5S. The molecule has 0 aliphatic carbocycles. The number of primary amides is 1. The van der Waals surface area contributed by atoms with E-state index in [0.29, 0.717) is 19.5 Å². The van der Waals surface area contributed by atoms with E-state index < -0.39 is 22.1 Å². The zero-order valence-electron chi connectivity index (χ0n) is 35.6. The number of rotatable bonds is 12. The number of sulfonamides is 1. The van der Waals surface area contributed by atoms with Crippen LogP contribution in [0.3, 0.4) is 0 Å². The number of carbonyl (C=O) groups excluding carboxylic acids is 2. The topological polar surface area (TPSA) is 223 Å². The second-order valence-corrected chi connectivity index (χ2v) is 16.3. The van der Waals surface area contributed by atoms with Crippen molar-refractivity contribution in [2.75, 3.05) is 13.1 Å². The third-order valence-corrected chi connectivity index (χ3v) is 11.4. The van der Waals surface area contributed by atoms with Crippen LogP contribution in [0.2, 0.25) is 0 Å². The number of nitrogens with zero attached hydrogens (tertiary/aromatic N) is 6. The van der Waals surface area contributed by atoms with Gasteiger partial charge in [-0.3, -0.25) is 19.1 Å². The summed E-state index contributed by atoms with van der Waals surface area (Å²) in [5.74, 6) is 1.99. The van der Waals surface area contributed by atoms with E-state index in [-0.39, 0.29) is 10.4 Å². The zero-order chi connectivity index (χ0) is 43.1. The molecule has 0 radical (unpaired) electrons. The number of carbonyl (C=O) groups is 2. The second kappa shape index (κ2) is 19.6. The van der Waals surface area contributed by atoms with E-state index in [0.717, 1.165) is 104 Å². The van der Waals surface area contributed by atoms with Crippen LogP contribution in [-0.2, 0) is 35.7 Å². The van der Waals surface area contributed by atoms with Gasteiger partial charge in [-0.05, 0) is 107 Å². The zero-order valence-corrected chi connectivity index (χ0v) is 36.4. The molecule has 320 valence electrons. The number of pyridine rings is 2. The lowest BCUT2D eigenvalue weighted by atomic mass is 10.1. The number of aromatic nitrogens is 6. The van der Waals surface area contributed by atoms with E-state index >= 15 is 0 Å². The monoisotopic (exact) mass is 846 g/mol. The number of fused-ring (bicyclic) bond motifs is 2. The summed E-state index contributed by atoms with van der Waals surface area (Å²) in [7, 11) is -3.91. The molecular weight excluding hydrogens is 793 g/mol. The molecule has 7 aromatic rings. The van der Waals surface area contributed by atoms with Crippen molar-refractivity contribution in [2.24, 2.45) is 5.73 Å². The van der Waals surface area contributed by atoms with E-state index in [1.165, 1.54) is 12.1 Å². The Morgan fingerprint density at radius 2 is 1.05 bits per heavy atom. The standard InChI is InChI=1S/C26H29N5O3S.C19H23N5O.H2O/c1-5-24-29-25-19(4)28-18(3)16-23(25)31(24)21-10-8-20(9-11-21)14-15-27-26(32)30-35(33,34)22-12-6-17(2)7-13-22;1-4-17-23-18-13(3)22-12(2)11-16(18)24(17)15-7-5-14(6-8-15)9-10-21-19(20)25;/h6-13,16H,5,14-15H2,1-4H3,(H2,27,30,32);5-8,11H,4,9-10H2,1-3H3,(H3,20,21,25);1H2. The Morgan fingerprint density at radius 1 is 0.623 bits per heavy atom. The molecule has 16 heteroatoms. The van der Waals surface area contributed by atoms with Crippen LogP contribution >= 0.6 is 0 Å². The molecule has 7 rings (SSSR count). The maximum Gasteiger partial charge on any atom is 0.328 e. The molecule has 0 unspecified atom stereocenters. The maximum atomic E-state index is 12.3. The molecule has 0 atom stereocenters. The van der Waals surface area contributed by atoms with Crippen LogP contribution in [-0.4, -0.2) is 68.1 Å². The summed E-state index contributed by atoms with van der Waals surface area (Å²) in [6.07, 6.45) is 2.94. The van der Waals surface area contributed by atoms with Gasteiger partial charge >= 0.3 is 12.1 Å². The Balaban J connectivity index is 0.000000240. The first-order valence-electron chi connectivity index (χ1n) is 20.0. The van der Waals surface area contributed by atoms with Crippen LogP contribution in [0.1, 0.15) is 65.0 Å². The molecule has 4 heterocycles. The molecule has 61 heavy (non-hydrogen) atoms. The van der Waals surface area contributed by atoms with Crippen LogP contribution < -0.4 is 21.1 Å². The lowest BCUT2D eigenvalue weighted by Crippen LogP contribution is -2.40. The number of imidazole rings is 2. The van der Waals surface area contributed by atoms with Crippen molar-refractivity contribution in [2.45, 2.75) is 79.0 Å². The Labute approximate surface area is 356 Å². The van der Waals surface area contributed by atoms with E-state index in [4.69, 9.17) is 15.7 Å². The van der Waals surface area contributed by atoms with Gasteiger partial charge in [-0.2, -0.15) is 0 Å². The van der Waals surface area contributed by atoms with Crippen LogP contribution in [0, 0.1) is 34.6 Å². The van der Waals surface area contributed by atoms with Crippen molar-refractivity contribution >= 4 is 44.2 Å². The third-order valence-electron chi connectivity index (χ3n) is 10.0. The first-order chi connectivity index (χ1) is 28.7. The Hall–Kier alpha value is -6.65. The fourth-order valence-corrected chi connectivity index (χ4v) is 8.04. The molecule has 4 aromatic heterocycles. The van der Waals surface area contributed by atoms with Gasteiger partial charge in [-0.15, -0.1) is 0 Å². The van der Waals surface area contributed by atoms with Gasteiger partial charge < -0.3 is 21.8 Å². The lowest BCUT2D eigenvalue weighted by molar-refractivity contribution is 0.245. The van der Waals surface area contributed by atoms with Crippen LogP contribution in [0.5, 0.6) is 0 Å². The molecule has 3 aromatic carbocycles. The molecule has 15 nitrogen and oxygen atoms in total. The van der Waals surface area contributed by atoms with Crippen molar-refractivity contribution in [3.8, 4) is 11.4 Å². The maximum absolute atomic E-state index is 12.3. The first-order valence-corrected chi connectivity index (χ1v) is 21.5. The quantitative estimate of drug-likeness (QED) is 0.112. The van der Waals surface area contributed by atoms with Crippen molar-refractivity contribution in [3.63, 3.8) is 0 Å². The number of hydrogen-bond acceptors (Lipinski definition) is 8. The second-order valence-electron chi connectivity index (χ2n) is 14.7. The van der Waals surface area contributed by atoms with Crippen LogP contribution in [0.4, 0.5) is 9.59 Å². The molecule has 0 saturated carbocycles. The fraction of sp³-hybridized carbons (Fsp3) is 0.289. The summed E-state index contributed by atoms with van der Waals surface area (Å²) < 4.78 is 31.1. The van der Waals surface area contributed by atoms with Gasteiger partial charge in [0.05, 0.1) is 27.3 Å². The summed E-state index contributed by atoms with van der Waals surface area (Å²) in [4.78, 5) is 41.6.